The minimum atomic E-state index is 0.00293. The van der Waals surface area contributed by atoms with E-state index in [-0.39, 0.29) is 11.9 Å². The number of hydrogen-bond donors (Lipinski definition) is 1. The molecular weight excluding hydrogens is 308 g/mol. The Kier molecular flexibility index (Phi) is 4.19. The summed E-state index contributed by atoms with van der Waals surface area (Å²) >= 11 is 1.47. The summed E-state index contributed by atoms with van der Waals surface area (Å²) in [7, 11) is 1.79. The highest BCUT2D eigenvalue weighted by molar-refractivity contribution is 7.20. The van der Waals surface area contributed by atoms with Crippen molar-refractivity contribution in [2.24, 2.45) is 5.73 Å². The molecule has 0 aliphatic heterocycles. The lowest BCUT2D eigenvalue weighted by Gasteiger charge is -2.22. The Hall–Kier alpha value is -2.18. The lowest BCUT2D eigenvalue weighted by Crippen LogP contribution is -2.39. The number of nitrogens with zero attached hydrogens (tertiary/aromatic N) is 3. The Labute approximate surface area is 139 Å². The van der Waals surface area contributed by atoms with Gasteiger partial charge in [0.05, 0.1) is 16.3 Å². The number of para-hydroxylation sites is 1. The van der Waals surface area contributed by atoms with E-state index in [1.807, 2.05) is 54.9 Å². The van der Waals surface area contributed by atoms with Crippen molar-refractivity contribution in [1.29, 1.82) is 0 Å². The van der Waals surface area contributed by atoms with Gasteiger partial charge in [0, 0.05) is 25.0 Å². The number of aromatic nitrogens is 2. The zero-order chi connectivity index (χ0) is 16.6. The number of nitrogens with two attached hydrogens (primary N) is 1. The Balaban J connectivity index is 2.05. The molecule has 0 saturated heterocycles. The van der Waals surface area contributed by atoms with Gasteiger partial charge in [-0.3, -0.25) is 4.79 Å². The van der Waals surface area contributed by atoms with E-state index in [4.69, 9.17) is 5.73 Å². The van der Waals surface area contributed by atoms with E-state index >= 15 is 0 Å². The molecule has 0 radical (unpaired) electrons. The van der Waals surface area contributed by atoms with Gasteiger partial charge in [-0.2, -0.15) is 5.10 Å². The van der Waals surface area contributed by atoms with Gasteiger partial charge in [0.1, 0.15) is 4.83 Å². The summed E-state index contributed by atoms with van der Waals surface area (Å²) in [5, 5.41) is 5.62. The largest absolute Gasteiger partial charge is 0.337 e. The van der Waals surface area contributed by atoms with Gasteiger partial charge in [-0.25, -0.2) is 4.68 Å². The van der Waals surface area contributed by atoms with Crippen LogP contribution in [0.4, 0.5) is 0 Å². The van der Waals surface area contributed by atoms with Crippen molar-refractivity contribution in [2.75, 3.05) is 13.6 Å². The third kappa shape index (κ3) is 2.75. The highest BCUT2D eigenvalue weighted by Crippen LogP contribution is 2.31. The zero-order valence-corrected chi connectivity index (χ0v) is 14.3. The van der Waals surface area contributed by atoms with Gasteiger partial charge in [-0.15, -0.1) is 11.3 Å². The smallest absolute Gasteiger partial charge is 0.264 e. The second-order valence-electron chi connectivity index (χ2n) is 5.66. The number of carbonyl (C=O) groups excluding carboxylic acids is 1. The van der Waals surface area contributed by atoms with E-state index in [9.17, 15) is 4.79 Å². The average Bonchev–Trinajstić information content (AvgIpc) is 3.14. The number of fused-ring (bicyclic) bond motifs is 1. The fraction of sp³-hybridized carbons (Fsp3) is 0.294. The van der Waals surface area contributed by atoms with Crippen molar-refractivity contribution in [3.63, 3.8) is 0 Å². The normalized spacial score (nSPS) is 12.5. The van der Waals surface area contributed by atoms with Crippen LogP contribution < -0.4 is 5.73 Å². The SMILES string of the molecule is Cc1nn(-c2ccccc2)c2sc(C(=O)N(C)C(C)CN)cc12. The first kappa shape index (κ1) is 15.7. The summed E-state index contributed by atoms with van der Waals surface area (Å²) in [5.41, 5.74) is 7.58. The minimum absolute atomic E-state index is 0.00293. The van der Waals surface area contributed by atoms with E-state index in [0.717, 1.165) is 21.6 Å². The molecule has 1 atom stereocenters. The molecular formula is C17H20N4OS. The molecule has 0 aliphatic rings. The highest BCUT2D eigenvalue weighted by Gasteiger charge is 2.21. The molecule has 3 aromatic rings. The van der Waals surface area contributed by atoms with Crippen LogP contribution in [-0.2, 0) is 0 Å². The lowest BCUT2D eigenvalue weighted by molar-refractivity contribution is 0.0753. The number of likely N-dealkylation sites (N-methyl/N-ethyl adjacent to an activating group) is 1. The molecule has 2 aromatic heterocycles. The molecule has 1 amide bonds. The second-order valence-corrected chi connectivity index (χ2v) is 6.69. The maximum absolute atomic E-state index is 12.6. The molecule has 0 aliphatic carbocycles. The molecule has 0 spiro atoms. The lowest BCUT2D eigenvalue weighted by atomic mass is 10.2. The minimum Gasteiger partial charge on any atom is -0.337 e. The van der Waals surface area contributed by atoms with Gasteiger partial charge in [-0.1, -0.05) is 18.2 Å². The summed E-state index contributed by atoms with van der Waals surface area (Å²) in [4.78, 5) is 16.0. The number of aryl methyl sites for hydroxylation is 1. The highest BCUT2D eigenvalue weighted by atomic mass is 32.1. The Morgan fingerprint density at radius 1 is 1.39 bits per heavy atom. The van der Waals surface area contributed by atoms with Gasteiger partial charge >= 0.3 is 0 Å². The molecule has 2 N–H and O–H groups in total. The van der Waals surface area contributed by atoms with Crippen LogP contribution in [0.15, 0.2) is 36.4 Å². The number of amides is 1. The monoisotopic (exact) mass is 328 g/mol. The number of hydrogen-bond acceptors (Lipinski definition) is 4. The third-order valence-electron chi connectivity index (χ3n) is 4.08. The standard InChI is InChI=1S/C17H20N4OS/c1-11(10-18)20(3)16(22)15-9-14-12(2)19-21(17(14)23-15)13-7-5-4-6-8-13/h4-9,11H,10,18H2,1-3H3. The third-order valence-corrected chi connectivity index (χ3v) is 5.18. The van der Waals surface area contributed by atoms with Gasteiger partial charge < -0.3 is 10.6 Å². The van der Waals surface area contributed by atoms with Crippen LogP contribution in [0.5, 0.6) is 0 Å². The van der Waals surface area contributed by atoms with Crippen LogP contribution in [-0.4, -0.2) is 40.2 Å². The zero-order valence-electron chi connectivity index (χ0n) is 13.5. The van der Waals surface area contributed by atoms with Crippen LogP contribution >= 0.6 is 11.3 Å². The molecule has 6 heteroatoms. The van der Waals surface area contributed by atoms with Crippen LogP contribution in [0.3, 0.4) is 0 Å². The van der Waals surface area contributed by atoms with E-state index in [1.54, 1.807) is 11.9 Å². The predicted octanol–water partition coefficient (Wildman–Crippen LogP) is 2.81. The summed E-state index contributed by atoms with van der Waals surface area (Å²) in [6.07, 6.45) is 0. The van der Waals surface area contributed by atoms with Gasteiger partial charge in [0.25, 0.3) is 5.91 Å². The fourth-order valence-electron chi connectivity index (χ4n) is 2.43. The average molecular weight is 328 g/mol. The summed E-state index contributed by atoms with van der Waals surface area (Å²) in [5.74, 6) is 0.00293. The van der Waals surface area contributed by atoms with E-state index in [1.165, 1.54) is 11.3 Å². The predicted molar refractivity (Wildman–Crippen MR) is 94.3 cm³/mol. The second kappa shape index (κ2) is 6.14. The Bertz CT molecular complexity index is 837. The maximum atomic E-state index is 12.6. The first-order chi connectivity index (χ1) is 11.0. The molecule has 0 bridgehead atoms. The van der Waals surface area contributed by atoms with E-state index < -0.39 is 0 Å². The molecule has 2 heterocycles. The number of carbonyl (C=O) groups is 1. The Morgan fingerprint density at radius 2 is 2.09 bits per heavy atom. The summed E-state index contributed by atoms with van der Waals surface area (Å²) < 4.78 is 1.90. The first-order valence-electron chi connectivity index (χ1n) is 7.54. The van der Waals surface area contributed by atoms with Gasteiger partial charge in [0.15, 0.2) is 0 Å². The molecule has 1 aromatic carbocycles. The van der Waals surface area contributed by atoms with Crippen molar-refractivity contribution < 1.29 is 4.79 Å². The van der Waals surface area contributed by atoms with Crippen LogP contribution in [0, 0.1) is 6.92 Å². The number of benzene rings is 1. The molecule has 5 nitrogen and oxygen atoms in total. The quantitative estimate of drug-likeness (QED) is 0.801. The van der Waals surface area contributed by atoms with Crippen molar-refractivity contribution >= 4 is 27.5 Å². The first-order valence-corrected chi connectivity index (χ1v) is 8.36. The van der Waals surface area contributed by atoms with E-state index in [0.29, 0.717) is 11.4 Å². The van der Waals surface area contributed by atoms with Crippen LogP contribution in [0.1, 0.15) is 22.3 Å². The summed E-state index contributed by atoms with van der Waals surface area (Å²) in [6.45, 7) is 4.36. The molecule has 23 heavy (non-hydrogen) atoms. The molecule has 3 rings (SSSR count). The topological polar surface area (TPSA) is 64.2 Å². The molecule has 1 unspecified atom stereocenters. The van der Waals surface area contributed by atoms with Crippen LogP contribution in [0.2, 0.25) is 0 Å². The molecule has 0 saturated carbocycles. The number of rotatable bonds is 4. The maximum Gasteiger partial charge on any atom is 0.264 e. The van der Waals surface area contributed by atoms with Crippen molar-refractivity contribution in [3.8, 4) is 5.69 Å². The van der Waals surface area contributed by atoms with E-state index in [2.05, 4.69) is 5.10 Å². The summed E-state index contributed by atoms with van der Waals surface area (Å²) in [6, 6.07) is 11.9. The van der Waals surface area contributed by atoms with Crippen molar-refractivity contribution in [2.45, 2.75) is 19.9 Å². The van der Waals surface area contributed by atoms with Gasteiger partial charge in [0.2, 0.25) is 0 Å². The fourth-order valence-corrected chi connectivity index (χ4v) is 3.59. The van der Waals surface area contributed by atoms with Crippen molar-refractivity contribution in [3.05, 3.63) is 47.0 Å². The van der Waals surface area contributed by atoms with Crippen LogP contribution in [0.25, 0.3) is 15.9 Å². The van der Waals surface area contributed by atoms with Crippen molar-refractivity contribution in [1.82, 2.24) is 14.7 Å². The molecule has 0 fully saturated rings. The van der Waals surface area contributed by atoms with Gasteiger partial charge in [-0.05, 0) is 32.0 Å². The molecule has 120 valence electrons. The number of thiophene rings is 1. The Morgan fingerprint density at radius 3 is 2.74 bits per heavy atom.